The standard InChI is InChI=1S/C9H10N2OS2/c10-2-3-11-9(12)8-5-7-6(14-8)1-4-13-7/h1,4-5H,2-3,10H2,(H,11,12). The summed E-state index contributed by atoms with van der Waals surface area (Å²) in [5.41, 5.74) is 5.30. The van der Waals surface area contributed by atoms with Crippen molar-refractivity contribution < 1.29 is 4.79 Å². The molecule has 0 radical (unpaired) electrons. The van der Waals surface area contributed by atoms with E-state index in [1.54, 1.807) is 11.3 Å². The molecule has 2 rings (SSSR count). The lowest BCUT2D eigenvalue weighted by Gasteiger charge is -1.98. The van der Waals surface area contributed by atoms with Gasteiger partial charge in [0.1, 0.15) is 0 Å². The number of amides is 1. The van der Waals surface area contributed by atoms with Gasteiger partial charge in [-0.1, -0.05) is 0 Å². The second-order valence-corrected chi connectivity index (χ2v) is 4.84. The molecule has 74 valence electrons. The van der Waals surface area contributed by atoms with Crippen LogP contribution in [-0.4, -0.2) is 19.0 Å². The van der Waals surface area contributed by atoms with Crippen LogP contribution < -0.4 is 11.1 Å². The summed E-state index contributed by atoms with van der Waals surface area (Å²) in [5.74, 6) is -0.0242. The Morgan fingerprint density at radius 3 is 3.07 bits per heavy atom. The Balaban J connectivity index is 2.18. The number of nitrogens with two attached hydrogens (primary N) is 1. The van der Waals surface area contributed by atoms with E-state index in [1.165, 1.54) is 20.7 Å². The van der Waals surface area contributed by atoms with Crippen molar-refractivity contribution in [3.05, 3.63) is 22.4 Å². The van der Waals surface area contributed by atoms with Gasteiger partial charge in [-0.2, -0.15) is 0 Å². The molecule has 2 aromatic rings. The van der Waals surface area contributed by atoms with Crippen LogP contribution >= 0.6 is 22.7 Å². The van der Waals surface area contributed by atoms with Crippen LogP contribution in [0.15, 0.2) is 17.5 Å². The molecule has 0 aliphatic heterocycles. The molecule has 3 nitrogen and oxygen atoms in total. The van der Waals surface area contributed by atoms with Gasteiger partial charge in [0.15, 0.2) is 0 Å². The van der Waals surface area contributed by atoms with Crippen LogP contribution in [0.3, 0.4) is 0 Å². The first-order chi connectivity index (χ1) is 6.81. The predicted octanol–water partition coefficient (Wildman–Crippen LogP) is 1.65. The fourth-order valence-electron chi connectivity index (χ4n) is 1.15. The molecule has 0 aliphatic carbocycles. The number of hydrogen-bond donors (Lipinski definition) is 2. The van der Waals surface area contributed by atoms with Crippen molar-refractivity contribution >= 4 is 38.0 Å². The summed E-state index contributed by atoms with van der Waals surface area (Å²) in [6, 6.07) is 3.96. The van der Waals surface area contributed by atoms with E-state index < -0.39 is 0 Å². The quantitative estimate of drug-likeness (QED) is 0.836. The van der Waals surface area contributed by atoms with E-state index in [2.05, 4.69) is 5.32 Å². The largest absolute Gasteiger partial charge is 0.350 e. The lowest BCUT2D eigenvalue weighted by molar-refractivity contribution is 0.0959. The molecule has 1 amide bonds. The second kappa shape index (κ2) is 4.08. The molecule has 2 heterocycles. The Hall–Kier alpha value is -0.910. The molecule has 0 saturated carbocycles. The van der Waals surface area contributed by atoms with E-state index in [0.717, 1.165) is 4.88 Å². The van der Waals surface area contributed by atoms with Gasteiger partial charge in [-0.15, -0.1) is 22.7 Å². The van der Waals surface area contributed by atoms with Crippen molar-refractivity contribution in [1.29, 1.82) is 0 Å². The summed E-state index contributed by atoms with van der Waals surface area (Å²) < 4.78 is 2.35. The molecule has 0 aliphatic rings. The van der Waals surface area contributed by atoms with Crippen LogP contribution in [0.25, 0.3) is 9.40 Å². The number of rotatable bonds is 3. The second-order valence-electron chi connectivity index (χ2n) is 2.80. The normalized spacial score (nSPS) is 10.6. The molecule has 0 aromatic carbocycles. The van der Waals surface area contributed by atoms with Gasteiger partial charge >= 0.3 is 0 Å². The van der Waals surface area contributed by atoms with Gasteiger partial charge < -0.3 is 11.1 Å². The number of hydrogen-bond acceptors (Lipinski definition) is 4. The van der Waals surface area contributed by atoms with Crippen molar-refractivity contribution in [1.82, 2.24) is 5.32 Å². The van der Waals surface area contributed by atoms with Crippen molar-refractivity contribution in [2.75, 3.05) is 13.1 Å². The first-order valence-corrected chi connectivity index (χ1v) is 5.96. The zero-order valence-corrected chi connectivity index (χ0v) is 9.08. The topological polar surface area (TPSA) is 55.1 Å². The Labute approximate surface area is 89.5 Å². The zero-order chi connectivity index (χ0) is 9.97. The summed E-state index contributed by atoms with van der Waals surface area (Å²) in [6.45, 7) is 1.01. The molecule has 5 heteroatoms. The smallest absolute Gasteiger partial charge is 0.261 e. The van der Waals surface area contributed by atoms with Crippen molar-refractivity contribution in [3.8, 4) is 0 Å². The van der Waals surface area contributed by atoms with Gasteiger partial charge in [-0.05, 0) is 17.5 Å². The molecule has 14 heavy (non-hydrogen) atoms. The molecule has 0 fully saturated rings. The van der Waals surface area contributed by atoms with E-state index in [1.807, 2.05) is 17.5 Å². The summed E-state index contributed by atoms with van der Waals surface area (Å²) >= 11 is 3.18. The molecule has 0 unspecified atom stereocenters. The molecule has 0 atom stereocenters. The van der Waals surface area contributed by atoms with Crippen LogP contribution in [0.1, 0.15) is 9.67 Å². The van der Waals surface area contributed by atoms with Gasteiger partial charge in [0.05, 0.1) is 4.88 Å². The first kappa shape index (κ1) is 9.64. The molecular formula is C9H10N2OS2. The third kappa shape index (κ3) is 1.79. The minimum absolute atomic E-state index is 0.0242. The highest BCUT2D eigenvalue weighted by Crippen LogP contribution is 2.29. The maximum atomic E-state index is 11.5. The number of fused-ring (bicyclic) bond motifs is 1. The van der Waals surface area contributed by atoms with Crippen LogP contribution in [0.2, 0.25) is 0 Å². The van der Waals surface area contributed by atoms with Gasteiger partial charge in [-0.25, -0.2) is 0 Å². The maximum Gasteiger partial charge on any atom is 0.261 e. The summed E-state index contributed by atoms with van der Waals surface area (Å²) in [6.07, 6.45) is 0. The summed E-state index contributed by atoms with van der Waals surface area (Å²) in [4.78, 5) is 12.3. The first-order valence-electron chi connectivity index (χ1n) is 4.26. The molecule has 3 N–H and O–H groups in total. The van der Waals surface area contributed by atoms with Crippen LogP contribution in [0.5, 0.6) is 0 Å². The van der Waals surface area contributed by atoms with E-state index in [-0.39, 0.29) is 5.91 Å². The molecule has 2 aromatic heterocycles. The van der Waals surface area contributed by atoms with E-state index in [0.29, 0.717) is 13.1 Å². The fraction of sp³-hybridized carbons (Fsp3) is 0.222. The summed E-state index contributed by atoms with van der Waals surface area (Å²) in [5, 5.41) is 4.78. The maximum absolute atomic E-state index is 11.5. The van der Waals surface area contributed by atoms with Crippen molar-refractivity contribution in [3.63, 3.8) is 0 Å². The minimum Gasteiger partial charge on any atom is -0.350 e. The lowest BCUT2D eigenvalue weighted by atomic mass is 10.4. The van der Waals surface area contributed by atoms with E-state index in [9.17, 15) is 4.79 Å². The van der Waals surface area contributed by atoms with Crippen LogP contribution in [-0.2, 0) is 0 Å². The number of nitrogens with one attached hydrogen (secondary N) is 1. The highest BCUT2D eigenvalue weighted by atomic mass is 32.1. The third-order valence-electron chi connectivity index (χ3n) is 1.79. The van der Waals surface area contributed by atoms with Gasteiger partial charge in [-0.3, -0.25) is 4.79 Å². The highest BCUT2D eigenvalue weighted by molar-refractivity contribution is 7.27. The zero-order valence-electron chi connectivity index (χ0n) is 7.45. The Bertz CT molecular complexity index is 418. The third-order valence-corrected chi connectivity index (χ3v) is 3.89. The van der Waals surface area contributed by atoms with Crippen molar-refractivity contribution in [2.45, 2.75) is 0 Å². The number of carbonyl (C=O) groups is 1. The van der Waals surface area contributed by atoms with Crippen LogP contribution in [0, 0.1) is 0 Å². The molecular weight excluding hydrogens is 216 g/mol. The van der Waals surface area contributed by atoms with E-state index in [4.69, 9.17) is 5.73 Å². The lowest BCUT2D eigenvalue weighted by Crippen LogP contribution is -2.28. The van der Waals surface area contributed by atoms with Crippen LogP contribution in [0.4, 0.5) is 0 Å². The fourth-order valence-corrected chi connectivity index (χ4v) is 3.18. The average Bonchev–Trinajstić information content (AvgIpc) is 2.72. The number of carbonyl (C=O) groups excluding carboxylic acids is 1. The Morgan fingerprint density at radius 2 is 2.36 bits per heavy atom. The molecule has 0 bridgehead atoms. The monoisotopic (exact) mass is 226 g/mol. The Morgan fingerprint density at radius 1 is 1.50 bits per heavy atom. The molecule has 0 spiro atoms. The van der Waals surface area contributed by atoms with Crippen molar-refractivity contribution in [2.24, 2.45) is 5.73 Å². The predicted molar refractivity (Wildman–Crippen MR) is 61.1 cm³/mol. The van der Waals surface area contributed by atoms with E-state index >= 15 is 0 Å². The highest BCUT2D eigenvalue weighted by Gasteiger charge is 2.09. The Kier molecular flexibility index (Phi) is 2.81. The van der Waals surface area contributed by atoms with Gasteiger partial charge in [0.25, 0.3) is 5.91 Å². The number of thiophene rings is 2. The van der Waals surface area contributed by atoms with Gasteiger partial charge in [0.2, 0.25) is 0 Å². The minimum atomic E-state index is -0.0242. The molecule has 0 saturated heterocycles. The summed E-state index contributed by atoms with van der Waals surface area (Å²) in [7, 11) is 0. The van der Waals surface area contributed by atoms with Gasteiger partial charge in [0, 0.05) is 22.5 Å². The SMILES string of the molecule is NCCNC(=O)c1cc2sccc2s1. The average molecular weight is 226 g/mol.